The summed E-state index contributed by atoms with van der Waals surface area (Å²) in [5.74, 6) is 1.18. The van der Waals surface area contributed by atoms with Gasteiger partial charge < -0.3 is 15.3 Å². The third-order valence-electron chi connectivity index (χ3n) is 2.17. The Kier molecular flexibility index (Phi) is 5.74. The number of hydrogen-bond donors (Lipinski definition) is 2. The summed E-state index contributed by atoms with van der Waals surface area (Å²) in [6.07, 6.45) is 5.80. The van der Waals surface area contributed by atoms with Crippen LogP contribution in [0.25, 0.3) is 0 Å². The molecule has 0 unspecified atom stereocenters. The Morgan fingerprint density at radius 2 is 2.33 bits per heavy atom. The first-order valence-electron chi connectivity index (χ1n) is 5.32. The van der Waals surface area contributed by atoms with Crippen LogP contribution >= 0.6 is 11.3 Å². The van der Waals surface area contributed by atoms with Gasteiger partial charge in [0, 0.05) is 6.54 Å². The lowest BCUT2D eigenvalue weighted by Gasteiger charge is -2.18. The summed E-state index contributed by atoms with van der Waals surface area (Å²) in [5.41, 5.74) is 1.14. The molecule has 2 N–H and O–H groups in total. The number of carboxylic acids is 1. The molecule has 96 valence electrons. The SMILES string of the molecule is C#CCN(CC(=O)O)C(=O)NCCc1ccsc1. The summed E-state index contributed by atoms with van der Waals surface area (Å²) >= 11 is 1.59. The van der Waals surface area contributed by atoms with Crippen molar-refractivity contribution in [1.82, 2.24) is 10.2 Å². The molecule has 1 heterocycles. The van der Waals surface area contributed by atoms with E-state index in [2.05, 4.69) is 11.2 Å². The Labute approximate surface area is 109 Å². The molecule has 5 nitrogen and oxygen atoms in total. The average Bonchev–Trinajstić information content (AvgIpc) is 2.81. The molecule has 0 aliphatic heterocycles. The molecule has 0 saturated heterocycles. The zero-order valence-corrected chi connectivity index (χ0v) is 10.6. The number of rotatable bonds is 6. The number of nitrogens with zero attached hydrogens (tertiary/aromatic N) is 1. The standard InChI is InChI=1S/C12H14N2O3S/c1-2-6-14(8-11(15)16)12(17)13-5-3-10-4-7-18-9-10/h1,4,7,9H,3,5-6,8H2,(H,13,17)(H,15,16). The van der Waals surface area contributed by atoms with Gasteiger partial charge in [0.2, 0.25) is 0 Å². The highest BCUT2D eigenvalue weighted by Crippen LogP contribution is 2.05. The van der Waals surface area contributed by atoms with E-state index in [4.69, 9.17) is 11.5 Å². The van der Waals surface area contributed by atoms with E-state index in [1.165, 1.54) is 0 Å². The minimum Gasteiger partial charge on any atom is -0.480 e. The molecule has 1 rings (SSSR count). The van der Waals surface area contributed by atoms with E-state index in [-0.39, 0.29) is 6.54 Å². The molecule has 1 aromatic heterocycles. The second-order valence-corrected chi connectivity index (χ2v) is 4.35. The normalized spacial score (nSPS) is 9.50. The molecule has 0 saturated carbocycles. The lowest BCUT2D eigenvalue weighted by atomic mass is 10.2. The molecule has 0 spiro atoms. The van der Waals surface area contributed by atoms with Crippen LogP contribution in [0.2, 0.25) is 0 Å². The Morgan fingerprint density at radius 3 is 2.89 bits per heavy atom. The van der Waals surface area contributed by atoms with Gasteiger partial charge in [-0.25, -0.2) is 4.79 Å². The maximum atomic E-state index is 11.7. The van der Waals surface area contributed by atoms with Gasteiger partial charge in [0.25, 0.3) is 0 Å². The van der Waals surface area contributed by atoms with Crippen LogP contribution < -0.4 is 5.32 Å². The zero-order valence-electron chi connectivity index (χ0n) is 9.76. The van der Waals surface area contributed by atoms with Crippen molar-refractivity contribution in [2.45, 2.75) is 6.42 Å². The molecule has 1 aromatic rings. The number of terminal acetylenes is 1. The fourth-order valence-electron chi connectivity index (χ4n) is 1.33. The van der Waals surface area contributed by atoms with Gasteiger partial charge in [-0.3, -0.25) is 4.79 Å². The number of hydrogen-bond acceptors (Lipinski definition) is 3. The van der Waals surface area contributed by atoms with Crippen LogP contribution in [-0.4, -0.2) is 41.6 Å². The second-order valence-electron chi connectivity index (χ2n) is 3.57. The molecule has 0 aromatic carbocycles. The molecule has 0 radical (unpaired) electrons. The van der Waals surface area contributed by atoms with E-state index in [0.717, 1.165) is 10.5 Å². The predicted molar refractivity (Wildman–Crippen MR) is 69.5 cm³/mol. The quantitative estimate of drug-likeness (QED) is 0.755. The summed E-state index contributed by atoms with van der Waals surface area (Å²) in [6.45, 7) is 0.0430. The van der Waals surface area contributed by atoms with E-state index in [9.17, 15) is 9.59 Å². The summed E-state index contributed by atoms with van der Waals surface area (Å²) in [5, 5.41) is 15.3. The smallest absolute Gasteiger partial charge is 0.323 e. The first-order chi connectivity index (χ1) is 8.63. The van der Waals surface area contributed by atoms with Crippen LogP contribution in [0.1, 0.15) is 5.56 Å². The Morgan fingerprint density at radius 1 is 1.56 bits per heavy atom. The molecule has 6 heteroatoms. The van der Waals surface area contributed by atoms with E-state index >= 15 is 0 Å². The number of nitrogens with one attached hydrogen (secondary N) is 1. The first-order valence-corrected chi connectivity index (χ1v) is 6.27. The highest BCUT2D eigenvalue weighted by atomic mass is 32.1. The number of carbonyl (C=O) groups is 2. The van der Waals surface area contributed by atoms with Crippen LogP contribution in [0.15, 0.2) is 16.8 Å². The predicted octanol–water partition coefficient (Wildman–Crippen LogP) is 1.02. The van der Waals surface area contributed by atoms with Gasteiger partial charge in [0.15, 0.2) is 0 Å². The molecule has 0 bridgehead atoms. The third-order valence-corrected chi connectivity index (χ3v) is 2.90. The molecular weight excluding hydrogens is 252 g/mol. The summed E-state index contributed by atoms with van der Waals surface area (Å²) in [7, 11) is 0. The number of carboxylic acid groups (broad SMARTS) is 1. The van der Waals surface area contributed by atoms with Crippen LogP contribution in [0.5, 0.6) is 0 Å². The van der Waals surface area contributed by atoms with E-state index < -0.39 is 18.5 Å². The van der Waals surface area contributed by atoms with Crippen molar-refractivity contribution in [1.29, 1.82) is 0 Å². The maximum absolute atomic E-state index is 11.7. The van der Waals surface area contributed by atoms with Crippen LogP contribution in [0, 0.1) is 12.3 Å². The molecule has 18 heavy (non-hydrogen) atoms. The monoisotopic (exact) mass is 266 g/mol. The molecule has 2 amide bonds. The highest BCUT2D eigenvalue weighted by molar-refractivity contribution is 7.07. The minimum absolute atomic E-state index is 0.0173. The van der Waals surface area contributed by atoms with E-state index in [1.807, 2.05) is 16.8 Å². The lowest BCUT2D eigenvalue weighted by molar-refractivity contribution is -0.137. The van der Waals surface area contributed by atoms with Crippen LogP contribution in [0.4, 0.5) is 4.79 Å². The van der Waals surface area contributed by atoms with Gasteiger partial charge >= 0.3 is 12.0 Å². The fraction of sp³-hybridized carbons (Fsp3) is 0.333. The largest absolute Gasteiger partial charge is 0.480 e. The van der Waals surface area contributed by atoms with Crippen LogP contribution in [0.3, 0.4) is 0 Å². The number of thiophene rings is 1. The van der Waals surface area contributed by atoms with Crippen molar-refractivity contribution in [2.24, 2.45) is 0 Å². The number of carbonyl (C=O) groups excluding carboxylic acids is 1. The number of amides is 2. The Hall–Kier alpha value is -2.00. The molecule has 0 aliphatic rings. The first kappa shape index (κ1) is 14.1. The molecule has 0 atom stereocenters. The van der Waals surface area contributed by atoms with E-state index in [1.54, 1.807) is 11.3 Å². The number of urea groups is 1. The summed E-state index contributed by atoms with van der Waals surface area (Å²) in [6, 6.07) is 1.53. The van der Waals surface area contributed by atoms with E-state index in [0.29, 0.717) is 13.0 Å². The van der Waals surface area contributed by atoms with Gasteiger partial charge in [-0.1, -0.05) is 5.92 Å². The van der Waals surface area contributed by atoms with Crippen molar-refractivity contribution in [3.8, 4) is 12.3 Å². The van der Waals surface area contributed by atoms with Gasteiger partial charge in [0.1, 0.15) is 6.54 Å². The third kappa shape index (κ3) is 4.89. The van der Waals surface area contributed by atoms with Gasteiger partial charge in [-0.05, 0) is 28.8 Å². The van der Waals surface area contributed by atoms with Crippen LogP contribution in [-0.2, 0) is 11.2 Å². The molecular formula is C12H14N2O3S. The van der Waals surface area contributed by atoms with Crippen molar-refractivity contribution in [2.75, 3.05) is 19.6 Å². The summed E-state index contributed by atoms with van der Waals surface area (Å²) in [4.78, 5) is 23.3. The van der Waals surface area contributed by atoms with Crippen molar-refractivity contribution in [3.05, 3.63) is 22.4 Å². The minimum atomic E-state index is -1.08. The number of aliphatic carboxylic acids is 1. The molecule has 0 fully saturated rings. The fourth-order valence-corrected chi connectivity index (χ4v) is 2.04. The average molecular weight is 266 g/mol. The Bertz CT molecular complexity index is 437. The van der Waals surface area contributed by atoms with Crippen molar-refractivity contribution < 1.29 is 14.7 Å². The zero-order chi connectivity index (χ0) is 13.4. The maximum Gasteiger partial charge on any atom is 0.323 e. The highest BCUT2D eigenvalue weighted by Gasteiger charge is 2.14. The summed E-state index contributed by atoms with van der Waals surface area (Å²) < 4.78 is 0. The Balaban J connectivity index is 2.36. The lowest BCUT2D eigenvalue weighted by Crippen LogP contribution is -2.43. The second kappa shape index (κ2) is 7.35. The van der Waals surface area contributed by atoms with Gasteiger partial charge in [-0.15, -0.1) is 6.42 Å². The van der Waals surface area contributed by atoms with Gasteiger partial charge in [-0.2, -0.15) is 11.3 Å². The van der Waals surface area contributed by atoms with Crippen molar-refractivity contribution >= 4 is 23.3 Å². The molecule has 0 aliphatic carbocycles. The topological polar surface area (TPSA) is 69.6 Å². The van der Waals surface area contributed by atoms with Gasteiger partial charge in [0.05, 0.1) is 6.54 Å². The van der Waals surface area contributed by atoms with Crippen molar-refractivity contribution in [3.63, 3.8) is 0 Å².